The second-order valence-corrected chi connectivity index (χ2v) is 5.26. The highest BCUT2D eigenvalue weighted by Crippen LogP contribution is 2.32. The number of hydrogen-bond donors (Lipinski definition) is 1. The highest BCUT2D eigenvalue weighted by Gasteiger charge is 2.36. The highest BCUT2D eigenvalue weighted by molar-refractivity contribution is 5.83. The standard InChI is InChI=1S/C15H18FNO3/c1-9(2)20-15(19)13-8-17-14(18)7-12(13)10-3-5-11(16)6-4-10/h3-6,9,12-13H,7-8H2,1-2H3,(H,17,18)/t12-,13+/m0/s1. The highest BCUT2D eigenvalue weighted by atomic mass is 19.1. The molecule has 1 fully saturated rings. The molecule has 1 heterocycles. The lowest BCUT2D eigenvalue weighted by Gasteiger charge is -2.30. The lowest BCUT2D eigenvalue weighted by molar-refractivity contribution is -0.154. The molecule has 5 heteroatoms. The van der Waals surface area contributed by atoms with Crippen molar-refractivity contribution in [2.45, 2.75) is 32.3 Å². The van der Waals surface area contributed by atoms with Gasteiger partial charge in [-0.1, -0.05) is 12.1 Å². The Hall–Kier alpha value is -1.91. The molecule has 1 aliphatic heterocycles. The zero-order valence-electron chi connectivity index (χ0n) is 11.6. The number of amides is 1. The van der Waals surface area contributed by atoms with E-state index in [0.717, 1.165) is 5.56 Å². The molecule has 1 aromatic carbocycles. The fourth-order valence-electron chi connectivity index (χ4n) is 2.41. The molecular formula is C15H18FNO3. The lowest BCUT2D eigenvalue weighted by atomic mass is 9.81. The monoisotopic (exact) mass is 279 g/mol. The van der Waals surface area contributed by atoms with E-state index < -0.39 is 5.92 Å². The van der Waals surface area contributed by atoms with Gasteiger partial charge in [0.2, 0.25) is 5.91 Å². The Morgan fingerprint density at radius 1 is 1.35 bits per heavy atom. The van der Waals surface area contributed by atoms with Gasteiger partial charge in [-0.3, -0.25) is 9.59 Å². The molecule has 1 amide bonds. The van der Waals surface area contributed by atoms with Crippen molar-refractivity contribution in [2.24, 2.45) is 5.92 Å². The molecule has 2 rings (SSSR count). The first kappa shape index (κ1) is 14.5. The van der Waals surface area contributed by atoms with E-state index in [1.54, 1.807) is 26.0 Å². The Bertz CT molecular complexity index is 498. The second-order valence-electron chi connectivity index (χ2n) is 5.26. The van der Waals surface area contributed by atoms with Crippen LogP contribution in [0.1, 0.15) is 31.7 Å². The van der Waals surface area contributed by atoms with Crippen LogP contribution in [-0.4, -0.2) is 24.5 Å². The third-order valence-corrected chi connectivity index (χ3v) is 3.36. The SMILES string of the molecule is CC(C)OC(=O)[C@@H]1CNC(=O)C[C@H]1c1ccc(F)cc1. The Morgan fingerprint density at radius 3 is 2.60 bits per heavy atom. The van der Waals surface area contributed by atoms with Gasteiger partial charge in [0, 0.05) is 18.9 Å². The largest absolute Gasteiger partial charge is 0.463 e. The van der Waals surface area contributed by atoms with E-state index in [9.17, 15) is 14.0 Å². The van der Waals surface area contributed by atoms with Gasteiger partial charge in [-0.2, -0.15) is 0 Å². The quantitative estimate of drug-likeness (QED) is 0.861. The number of rotatable bonds is 3. The Kier molecular flexibility index (Phi) is 4.37. The Labute approximate surface area is 117 Å². The molecule has 0 aliphatic carbocycles. The second kappa shape index (κ2) is 6.03. The maximum Gasteiger partial charge on any atom is 0.311 e. The van der Waals surface area contributed by atoms with Crippen LogP contribution in [0.2, 0.25) is 0 Å². The van der Waals surface area contributed by atoms with Crippen LogP contribution in [-0.2, 0) is 14.3 Å². The van der Waals surface area contributed by atoms with Crippen LogP contribution in [0.25, 0.3) is 0 Å². The molecule has 4 nitrogen and oxygen atoms in total. The molecule has 1 aromatic rings. The van der Waals surface area contributed by atoms with E-state index in [1.807, 2.05) is 0 Å². The normalized spacial score (nSPS) is 22.5. The molecule has 0 spiro atoms. The van der Waals surface area contributed by atoms with Crippen LogP contribution >= 0.6 is 0 Å². The van der Waals surface area contributed by atoms with Crippen molar-refractivity contribution in [2.75, 3.05) is 6.54 Å². The minimum Gasteiger partial charge on any atom is -0.463 e. The number of benzene rings is 1. The van der Waals surface area contributed by atoms with Gasteiger partial charge < -0.3 is 10.1 Å². The summed E-state index contributed by atoms with van der Waals surface area (Å²) in [7, 11) is 0. The summed E-state index contributed by atoms with van der Waals surface area (Å²) < 4.78 is 18.2. The molecule has 0 saturated carbocycles. The number of nitrogens with one attached hydrogen (secondary N) is 1. The predicted molar refractivity (Wildman–Crippen MR) is 71.5 cm³/mol. The number of halogens is 1. The molecule has 108 valence electrons. The molecule has 1 saturated heterocycles. The van der Waals surface area contributed by atoms with Crippen LogP contribution in [0.3, 0.4) is 0 Å². The number of ether oxygens (including phenoxy) is 1. The van der Waals surface area contributed by atoms with Crippen LogP contribution in [0.15, 0.2) is 24.3 Å². The van der Waals surface area contributed by atoms with Crippen LogP contribution in [0.5, 0.6) is 0 Å². The van der Waals surface area contributed by atoms with Crippen LogP contribution < -0.4 is 5.32 Å². The van der Waals surface area contributed by atoms with Crippen molar-refractivity contribution in [1.29, 1.82) is 0 Å². The van der Waals surface area contributed by atoms with Crippen molar-refractivity contribution in [3.8, 4) is 0 Å². The minimum atomic E-state index is -0.430. The summed E-state index contributed by atoms with van der Waals surface area (Å²) in [5.41, 5.74) is 0.784. The summed E-state index contributed by atoms with van der Waals surface area (Å²) in [4.78, 5) is 23.7. The molecule has 1 aliphatic rings. The summed E-state index contributed by atoms with van der Waals surface area (Å²) >= 11 is 0. The molecule has 20 heavy (non-hydrogen) atoms. The number of piperidine rings is 1. The fraction of sp³-hybridized carbons (Fsp3) is 0.467. The predicted octanol–water partition coefficient (Wildman–Crippen LogP) is 2.00. The number of carbonyl (C=O) groups excluding carboxylic acids is 2. The maximum atomic E-state index is 13.0. The van der Waals surface area contributed by atoms with Crippen molar-refractivity contribution in [3.63, 3.8) is 0 Å². The third kappa shape index (κ3) is 3.35. The zero-order valence-corrected chi connectivity index (χ0v) is 11.6. The summed E-state index contributed by atoms with van der Waals surface area (Å²) in [5, 5.41) is 2.68. The van der Waals surface area contributed by atoms with Gasteiger partial charge in [-0.15, -0.1) is 0 Å². The van der Waals surface area contributed by atoms with E-state index in [4.69, 9.17) is 4.74 Å². The first-order valence-electron chi connectivity index (χ1n) is 6.70. The van der Waals surface area contributed by atoms with E-state index in [2.05, 4.69) is 5.32 Å². The van der Waals surface area contributed by atoms with Gasteiger partial charge in [-0.25, -0.2) is 4.39 Å². The summed E-state index contributed by atoms with van der Waals surface area (Å²) in [6, 6.07) is 5.92. The van der Waals surface area contributed by atoms with Crippen LogP contribution in [0, 0.1) is 11.7 Å². The number of carbonyl (C=O) groups is 2. The maximum absolute atomic E-state index is 13.0. The van der Waals surface area contributed by atoms with Crippen LogP contribution in [0.4, 0.5) is 4.39 Å². The van der Waals surface area contributed by atoms with Gasteiger partial charge >= 0.3 is 5.97 Å². The van der Waals surface area contributed by atoms with Gasteiger partial charge in [0.25, 0.3) is 0 Å². The van der Waals surface area contributed by atoms with E-state index in [-0.39, 0.29) is 42.7 Å². The van der Waals surface area contributed by atoms with E-state index in [1.165, 1.54) is 12.1 Å². The molecule has 2 atom stereocenters. The molecule has 0 bridgehead atoms. The Morgan fingerprint density at radius 2 is 2.00 bits per heavy atom. The topological polar surface area (TPSA) is 55.4 Å². The molecule has 0 radical (unpaired) electrons. The summed E-state index contributed by atoms with van der Waals surface area (Å²) in [6.45, 7) is 3.82. The molecular weight excluding hydrogens is 261 g/mol. The van der Waals surface area contributed by atoms with Crippen molar-refractivity contribution < 1.29 is 18.7 Å². The van der Waals surface area contributed by atoms with Gasteiger partial charge in [0.1, 0.15) is 5.82 Å². The van der Waals surface area contributed by atoms with E-state index >= 15 is 0 Å². The summed E-state index contributed by atoms with van der Waals surface area (Å²) in [6.07, 6.45) is 0.0118. The van der Waals surface area contributed by atoms with Gasteiger partial charge in [0.05, 0.1) is 12.0 Å². The van der Waals surface area contributed by atoms with E-state index in [0.29, 0.717) is 0 Å². The zero-order chi connectivity index (χ0) is 14.7. The average Bonchev–Trinajstić information content (AvgIpc) is 2.38. The smallest absolute Gasteiger partial charge is 0.311 e. The molecule has 1 N–H and O–H groups in total. The Balaban J connectivity index is 2.22. The minimum absolute atomic E-state index is 0.104. The van der Waals surface area contributed by atoms with Crippen molar-refractivity contribution >= 4 is 11.9 Å². The van der Waals surface area contributed by atoms with Crippen molar-refractivity contribution in [3.05, 3.63) is 35.6 Å². The number of esters is 1. The van der Waals surface area contributed by atoms with Gasteiger partial charge in [0.15, 0.2) is 0 Å². The molecule has 0 aromatic heterocycles. The van der Waals surface area contributed by atoms with Crippen molar-refractivity contribution in [1.82, 2.24) is 5.32 Å². The average molecular weight is 279 g/mol. The van der Waals surface area contributed by atoms with Gasteiger partial charge in [-0.05, 0) is 31.5 Å². The first-order valence-corrected chi connectivity index (χ1v) is 6.70. The number of hydrogen-bond acceptors (Lipinski definition) is 3. The first-order chi connectivity index (χ1) is 9.47. The molecule has 0 unspecified atom stereocenters. The lowest BCUT2D eigenvalue weighted by Crippen LogP contribution is -2.44. The summed E-state index contributed by atoms with van der Waals surface area (Å²) in [5.74, 6) is -1.46. The third-order valence-electron chi connectivity index (χ3n) is 3.36. The fourth-order valence-corrected chi connectivity index (χ4v) is 2.41.